The second-order valence-electron chi connectivity index (χ2n) is 5.57. The van der Waals surface area contributed by atoms with Gasteiger partial charge in [-0.1, -0.05) is 5.39 Å². The van der Waals surface area contributed by atoms with E-state index >= 15 is 0 Å². The van der Waals surface area contributed by atoms with Crippen molar-refractivity contribution in [2.75, 3.05) is 6.61 Å². The molecule has 23 heavy (non-hydrogen) atoms. The number of hydrogen-bond acceptors (Lipinski definition) is 6. The third kappa shape index (κ3) is 4.34. The van der Waals surface area contributed by atoms with Crippen molar-refractivity contribution in [3.05, 3.63) is 24.3 Å². The average molecular weight is 414 g/mol. The molecule has 0 spiro atoms. The maximum absolute atomic E-state index is 10.9. The summed E-state index contributed by atoms with van der Waals surface area (Å²) >= 11 is 0. The standard InChI is InChI=1S/C13H17N4O4S.Y/c1-8-15-6-9-2-3-17(13(9)16-8)11-4-10(12(18)5-11)7-21-22(14,19)20;/h2-3,10-12,18H,4-5,7H2,1H3,(H2,14,19,20);/q-1;/t10-,11+,12-;/m0./s1. The van der Waals surface area contributed by atoms with Crippen LogP contribution in [-0.2, 0) is 47.2 Å². The molecule has 2 aromatic rings. The van der Waals surface area contributed by atoms with Crippen LogP contribution >= 0.6 is 0 Å². The normalized spacial score (nSPS) is 24.7. The van der Waals surface area contributed by atoms with Gasteiger partial charge in [0.05, 0.1) is 12.7 Å². The first kappa shape index (κ1) is 18.9. The van der Waals surface area contributed by atoms with Gasteiger partial charge in [0.15, 0.2) is 0 Å². The number of hydrogen-bond donors (Lipinski definition) is 2. The summed E-state index contributed by atoms with van der Waals surface area (Å²) in [7, 11) is -3.99. The second-order valence-corrected chi connectivity index (χ2v) is 6.79. The molecule has 0 unspecified atom stereocenters. The fourth-order valence-electron chi connectivity index (χ4n) is 2.92. The van der Waals surface area contributed by atoms with Gasteiger partial charge >= 0.3 is 10.3 Å². The van der Waals surface area contributed by atoms with Crippen molar-refractivity contribution in [3.63, 3.8) is 0 Å². The van der Waals surface area contributed by atoms with Crippen LogP contribution in [0.2, 0.25) is 0 Å². The Kier molecular flexibility index (Phi) is 5.92. The van der Waals surface area contributed by atoms with Gasteiger partial charge in [-0.3, -0.25) is 4.18 Å². The minimum atomic E-state index is -3.99. The van der Waals surface area contributed by atoms with Crippen LogP contribution in [0.4, 0.5) is 0 Å². The van der Waals surface area contributed by atoms with Gasteiger partial charge in [-0.25, -0.2) is 5.14 Å². The second kappa shape index (κ2) is 7.20. The Balaban J connectivity index is 0.00000192. The maximum atomic E-state index is 10.9. The van der Waals surface area contributed by atoms with E-state index in [0.29, 0.717) is 18.7 Å². The first-order chi connectivity index (χ1) is 10.3. The Bertz CT molecular complexity index is 794. The monoisotopic (exact) mass is 414 g/mol. The molecule has 3 rings (SSSR count). The topological polar surface area (TPSA) is 120 Å². The Morgan fingerprint density at radius 3 is 2.96 bits per heavy atom. The van der Waals surface area contributed by atoms with E-state index < -0.39 is 16.4 Å². The van der Waals surface area contributed by atoms with E-state index in [1.165, 1.54) is 0 Å². The summed E-state index contributed by atoms with van der Waals surface area (Å²) in [6, 6.07) is 1.89. The molecule has 3 N–H and O–H groups in total. The molecule has 1 radical (unpaired) electrons. The molecule has 3 atom stereocenters. The van der Waals surface area contributed by atoms with Crippen LogP contribution in [0.3, 0.4) is 0 Å². The van der Waals surface area contributed by atoms with Crippen LogP contribution in [-0.4, -0.2) is 40.8 Å². The van der Waals surface area contributed by atoms with Crippen LogP contribution in [0.15, 0.2) is 12.3 Å². The van der Waals surface area contributed by atoms with E-state index in [9.17, 15) is 13.5 Å². The van der Waals surface area contributed by atoms with Crippen molar-refractivity contribution >= 4 is 21.3 Å². The summed E-state index contributed by atoms with van der Waals surface area (Å²) in [4.78, 5) is 8.44. The van der Waals surface area contributed by atoms with Crippen LogP contribution in [0.1, 0.15) is 24.7 Å². The Hall–Kier alpha value is -0.446. The Labute approximate surface area is 159 Å². The van der Waals surface area contributed by atoms with Crippen LogP contribution in [0, 0.1) is 19.0 Å². The van der Waals surface area contributed by atoms with Crippen molar-refractivity contribution in [1.82, 2.24) is 14.5 Å². The molecule has 1 saturated carbocycles. The first-order valence-electron chi connectivity index (χ1n) is 6.91. The van der Waals surface area contributed by atoms with Crippen molar-refractivity contribution in [3.8, 4) is 0 Å². The molecule has 2 heterocycles. The number of nitrogens with two attached hydrogens (primary N) is 1. The predicted molar refractivity (Wildman–Crippen MR) is 77.9 cm³/mol. The molecule has 8 nitrogen and oxygen atoms in total. The molecule has 123 valence electrons. The molecule has 0 aliphatic heterocycles. The number of nitrogens with zero attached hydrogens (tertiary/aromatic N) is 3. The van der Waals surface area contributed by atoms with Crippen molar-refractivity contribution < 1.29 is 50.4 Å². The summed E-state index contributed by atoms with van der Waals surface area (Å²) in [5.74, 6) is 0.341. The van der Waals surface area contributed by atoms with Gasteiger partial charge in [0.2, 0.25) is 0 Å². The van der Waals surface area contributed by atoms with Crippen LogP contribution < -0.4 is 5.14 Å². The number of aryl methyl sites for hydroxylation is 1. The fraction of sp³-hybridized carbons (Fsp3) is 0.538. The van der Waals surface area contributed by atoms with Crippen molar-refractivity contribution in [1.29, 1.82) is 0 Å². The zero-order valence-electron chi connectivity index (χ0n) is 12.6. The summed E-state index contributed by atoms with van der Waals surface area (Å²) in [6.07, 6.45) is 5.25. The van der Waals surface area contributed by atoms with Crippen molar-refractivity contribution in [2.24, 2.45) is 11.1 Å². The van der Waals surface area contributed by atoms with E-state index in [2.05, 4.69) is 20.3 Å². The van der Waals surface area contributed by atoms with Gasteiger partial charge in [0, 0.05) is 56.1 Å². The molecule has 0 aromatic carbocycles. The zero-order chi connectivity index (χ0) is 15.9. The molecular formula is C13H17N4O4SY-. The summed E-state index contributed by atoms with van der Waals surface area (Å²) in [6.45, 7) is 1.68. The van der Waals surface area contributed by atoms with Gasteiger partial charge in [0.1, 0.15) is 0 Å². The van der Waals surface area contributed by atoms with E-state index in [-0.39, 0.29) is 51.3 Å². The number of fused-ring (bicyclic) bond motifs is 1. The third-order valence-corrected chi connectivity index (χ3v) is 4.43. The Morgan fingerprint density at radius 1 is 1.52 bits per heavy atom. The molecule has 0 bridgehead atoms. The minimum Gasteiger partial charge on any atom is -0.393 e. The molecule has 1 aliphatic carbocycles. The number of aliphatic hydroxyl groups is 1. The predicted octanol–water partition coefficient (Wildman–Crippen LogP) is 0.0695. The van der Waals surface area contributed by atoms with E-state index in [0.717, 1.165) is 11.0 Å². The average Bonchev–Trinajstić information content (AvgIpc) is 2.98. The summed E-state index contributed by atoms with van der Waals surface area (Å²) in [5.41, 5.74) is 0.762. The maximum Gasteiger partial charge on any atom is 0.333 e. The van der Waals surface area contributed by atoms with Gasteiger partial charge in [0.25, 0.3) is 0 Å². The molecule has 1 aliphatic rings. The summed E-state index contributed by atoms with van der Waals surface area (Å²) < 4.78 is 28.3. The zero-order valence-corrected chi connectivity index (χ0v) is 16.2. The first-order valence-corrected chi connectivity index (χ1v) is 8.38. The summed E-state index contributed by atoms with van der Waals surface area (Å²) in [5, 5.41) is 15.7. The molecule has 1 fully saturated rings. The van der Waals surface area contributed by atoms with Gasteiger partial charge in [-0.05, 0) is 32.2 Å². The van der Waals surface area contributed by atoms with Gasteiger partial charge in [-0.15, -0.1) is 6.07 Å². The van der Waals surface area contributed by atoms with Crippen LogP contribution in [0.5, 0.6) is 0 Å². The largest absolute Gasteiger partial charge is 0.393 e. The number of aliphatic hydroxyl groups excluding tert-OH is 1. The quantitative estimate of drug-likeness (QED) is 0.684. The van der Waals surface area contributed by atoms with Crippen LogP contribution in [0.25, 0.3) is 11.0 Å². The Morgan fingerprint density at radius 2 is 2.26 bits per heavy atom. The minimum absolute atomic E-state index is 0. The van der Waals surface area contributed by atoms with Gasteiger partial charge in [-0.2, -0.15) is 8.42 Å². The van der Waals surface area contributed by atoms with E-state index in [4.69, 9.17) is 5.14 Å². The molecule has 0 saturated heterocycles. The van der Waals surface area contributed by atoms with Crippen molar-refractivity contribution in [2.45, 2.75) is 31.9 Å². The third-order valence-electron chi connectivity index (χ3n) is 3.97. The van der Waals surface area contributed by atoms with Gasteiger partial charge < -0.3 is 19.6 Å². The number of aromatic nitrogens is 3. The van der Waals surface area contributed by atoms with E-state index in [1.54, 1.807) is 6.92 Å². The fourth-order valence-corrected chi connectivity index (χ4v) is 3.29. The molecule has 0 amide bonds. The molecular weight excluding hydrogens is 397 g/mol. The molecule has 2 aromatic heterocycles. The SMILES string of the molecule is Cc1n[c-]c2ccn([C@@H]3C[C@@H](COS(N)(=O)=O)[C@@H](O)C3)c2n1.[Y]. The molecule has 10 heteroatoms. The number of rotatable bonds is 4. The van der Waals surface area contributed by atoms with E-state index in [1.807, 2.05) is 16.8 Å². The smallest absolute Gasteiger partial charge is 0.333 e.